The Balaban J connectivity index is 1.33. The van der Waals surface area contributed by atoms with Gasteiger partial charge in [0.25, 0.3) is 0 Å². The predicted molar refractivity (Wildman–Crippen MR) is 104 cm³/mol. The molecule has 0 bridgehead atoms. The minimum absolute atomic E-state index is 0.312. The smallest absolute Gasteiger partial charge is 0.225 e. The minimum Gasteiger partial charge on any atom is -0.439 e. The zero-order chi connectivity index (χ0) is 19.2. The molecule has 2 aromatic carbocycles. The van der Waals surface area contributed by atoms with Gasteiger partial charge in [-0.2, -0.15) is 10.1 Å². The van der Waals surface area contributed by atoms with Crippen LogP contribution in [0, 0.1) is 5.82 Å². The van der Waals surface area contributed by atoms with Crippen LogP contribution < -0.4 is 10.1 Å². The predicted octanol–water partition coefficient (Wildman–Crippen LogP) is 4.25. The highest BCUT2D eigenvalue weighted by molar-refractivity contribution is 5.33. The summed E-state index contributed by atoms with van der Waals surface area (Å²) in [7, 11) is 0. The van der Waals surface area contributed by atoms with Crippen LogP contribution in [0.1, 0.15) is 5.56 Å². The van der Waals surface area contributed by atoms with Crippen molar-refractivity contribution in [2.75, 3.05) is 11.9 Å². The van der Waals surface area contributed by atoms with Crippen LogP contribution in [0.25, 0.3) is 5.69 Å². The molecule has 2 aromatic heterocycles. The zero-order valence-corrected chi connectivity index (χ0v) is 15.0. The molecule has 0 aliphatic heterocycles. The van der Waals surface area contributed by atoms with Gasteiger partial charge in [0, 0.05) is 25.0 Å². The maximum Gasteiger partial charge on any atom is 0.225 e. The third-order valence-corrected chi connectivity index (χ3v) is 4.02. The van der Waals surface area contributed by atoms with Crippen LogP contribution in [0.4, 0.5) is 10.3 Å². The molecule has 0 unspecified atom stereocenters. The molecule has 1 N–H and O–H groups in total. The van der Waals surface area contributed by atoms with Gasteiger partial charge in [0.05, 0.1) is 11.9 Å². The number of hydrogen-bond acceptors (Lipinski definition) is 5. The van der Waals surface area contributed by atoms with Crippen molar-refractivity contribution in [3.8, 4) is 17.3 Å². The Labute approximate surface area is 161 Å². The highest BCUT2D eigenvalue weighted by Crippen LogP contribution is 2.20. The van der Waals surface area contributed by atoms with Gasteiger partial charge in [0.15, 0.2) is 0 Å². The summed E-state index contributed by atoms with van der Waals surface area (Å²) in [6.45, 7) is 0.653. The van der Waals surface area contributed by atoms with Crippen LogP contribution in [0.2, 0.25) is 0 Å². The van der Waals surface area contributed by atoms with E-state index in [4.69, 9.17) is 4.74 Å². The summed E-state index contributed by atoms with van der Waals surface area (Å²) in [5, 5.41) is 7.57. The summed E-state index contributed by atoms with van der Waals surface area (Å²) < 4.78 is 20.4. The summed E-state index contributed by atoms with van der Waals surface area (Å²) in [5.41, 5.74) is 2.13. The second-order valence-electron chi connectivity index (χ2n) is 6.08. The molecule has 0 spiro atoms. The first-order valence-corrected chi connectivity index (χ1v) is 8.85. The number of halogens is 1. The first kappa shape index (κ1) is 17.7. The van der Waals surface area contributed by atoms with Crippen LogP contribution in [0.3, 0.4) is 0 Å². The number of benzene rings is 2. The van der Waals surface area contributed by atoms with Crippen LogP contribution in [-0.4, -0.2) is 26.3 Å². The molecule has 0 amide bonds. The second-order valence-corrected chi connectivity index (χ2v) is 6.08. The molecule has 0 saturated carbocycles. The lowest BCUT2D eigenvalue weighted by atomic mass is 10.2. The molecule has 0 radical (unpaired) electrons. The number of aromatic nitrogens is 4. The molecule has 140 valence electrons. The van der Waals surface area contributed by atoms with Gasteiger partial charge in [-0.15, -0.1) is 0 Å². The van der Waals surface area contributed by atoms with Gasteiger partial charge in [-0.1, -0.05) is 18.2 Å². The van der Waals surface area contributed by atoms with Gasteiger partial charge in [-0.25, -0.2) is 14.1 Å². The van der Waals surface area contributed by atoms with Crippen molar-refractivity contribution in [3.63, 3.8) is 0 Å². The Morgan fingerprint density at radius 1 is 1.00 bits per heavy atom. The number of para-hydroxylation sites is 1. The van der Waals surface area contributed by atoms with E-state index in [9.17, 15) is 4.39 Å². The number of hydrogen-bond donors (Lipinski definition) is 1. The van der Waals surface area contributed by atoms with Gasteiger partial charge in [-0.05, 0) is 48.4 Å². The van der Waals surface area contributed by atoms with Gasteiger partial charge in [-0.3, -0.25) is 0 Å². The molecule has 0 fully saturated rings. The summed E-state index contributed by atoms with van der Waals surface area (Å²) >= 11 is 0. The Morgan fingerprint density at radius 3 is 2.64 bits per heavy atom. The van der Waals surface area contributed by atoms with Crippen molar-refractivity contribution >= 4 is 5.95 Å². The molecular weight excluding hydrogens is 357 g/mol. The van der Waals surface area contributed by atoms with Crippen molar-refractivity contribution < 1.29 is 9.13 Å². The van der Waals surface area contributed by atoms with Crippen molar-refractivity contribution in [3.05, 3.63) is 90.6 Å². The van der Waals surface area contributed by atoms with E-state index < -0.39 is 0 Å². The molecule has 6 nitrogen and oxygen atoms in total. The lowest BCUT2D eigenvalue weighted by molar-refractivity contribution is 0.460. The highest BCUT2D eigenvalue weighted by atomic mass is 19.1. The summed E-state index contributed by atoms with van der Waals surface area (Å²) in [6.07, 6.45) is 6.25. The summed E-state index contributed by atoms with van der Waals surface area (Å²) in [6, 6.07) is 17.4. The monoisotopic (exact) mass is 375 g/mol. The second kappa shape index (κ2) is 8.30. The Bertz CT molecular complexity index is 1030. The molecular formula is C21H18FN5O. The van der Waals surface area contributed by atoms with Crippen molar-refractivity contribution in [2.24, 2.45) is 0 Å². The molecule has 7 heteroatoms. The number of anilines is 1. The Kier molecular flexibility index (Phi) is 5.24. The number of ether oxygens (including phenoxy) is 1. The number of nitrogens with zero attached hydrogens (tertiary/aromatic N) is 4. The maximum atomic E-state index is 13.0. The third-order valence-electron chi connectivity index (χ3n) is 4.02. The molecule has 28 heavy (non-hydrogen) atoms. The van der Waals surface area contributed by atoms with Crippen LogP contribution in [0.15, 0.2) is 79.3 Å². The van der Waals surface area contributed by atoms with Gasteiger partial charge < -0.3 is 10.1 Å². The molecule has 0 atom stereocenters. The number of rotatable bonds is 7. The molecule has 0 aliphatic rings. The maximum absolute atomic E-state index is 13.0. The van der Waals surface area contributed by atoms with E-state index in [1.165, 1.54) is 12.1 Å². The largest absolute Gasteiger partial charge is 0.439 e. The minimum atomic E-state index is -0.312. The number of nitrogens with one attached hydrogen (secondary N) is 1. The van der Waals surface area contributed by atoms with Crippen molar-refractivity contribution in [1.82, 2.24) is 19.7 Å². The Morgan fingerprint density at radius 2 is 1.82 bits per heavy atom. The average Bonchev–Trinajstić information content (AvgIpc) is 3.20. The SMILES string of the molecule is Fc1ccc(Oc2ccnc(NCCc3cnn(-c4ccccc4)c3)n2)cc1. The van der Waals surface area contributed by atoms with Crippen molar-refractivity contribution in [1.29, 1.82) is 0 Å². The standard InChI is InChI=1S/C21H18FN5O/c22-17-6-8-19(9-7-17)28-20-11-13-24-21(26-20)23-12-10-16-14-25-27(15-16)18-4-2-1-3-5-18/h1-9,11,13-15H,10,12H2,(H,23,24,26). The zero-order valence-electron chi connectivity index (χ0n) is 15.0. The van der Waals surface area contributed by atoms with E-state index in [0.29, 0.717) is 24.1 Å². The topological polar surface area (TPSA) is 64.9 Å². The fourth-order valence-corrected chi connectivity index (χ4v) is 2.64. The van der Waals surface area contributed by atoms with E-state index in [2.05, 4.69) is 20.4 Å². The first-order valence-electron chi connectivity index (χ1n) is 8.85. The van der Waals surface area contributed by atoms with E-state index in [0.717, 1.165) is 17.7 Å². The average molecular weight is 375 g/mol. The highest BCUT2D eigenvalue weighted by Gasteiger charge is 2.04. The third kappa shape index (κ3) is 4.50. The summed E-state index contributed by atoms with van der Waals surface area (Å²) in [5.74, 6) is 1.06. The van der Waals surface area contributed by atoms with Gasteiger partial charge >= 0.3 is 0 Å². The molecule has 0 saturated heterocycles. The van der Waals surface area contributed by atoms with Crippen LogP contribution in [0.5, 0.6) is 11.6 Å². The van der Waals surface area contributed by atoms with Crippen molar-refractivity contribution in [2.45, 2.75) is 6.42 Å². The molecule has 2 heterocycles. The van der Waals surface area contributed by atoms with Gasteiger partial charge in [0.2, 0.25) is 11.8 Å². The van der Waals surface area contributed by atoms with Crippen LogP contribution >= 0.6 is 0 Å². The first-order chi connectivity index (χ1) is 13.8. The summed E-state index contributed by atoms with van der Waals surface area (Å²) in [4.78, 5) is 8.51. The molecule has 4 rings (SSSR count). The normalized spacial score (nSPS) is 10.6. The van der Waals surface area contributed by atoms with E-state index in [1.54, 1.807) is 24.4 Å². The lowest BCUT2D eigenvalue weighted by Crippen LogP contribution is -2.07. The fraction of sp³-hybridized carbons (Fsp3) is 0.0952. The lowest BCUT2D eigenvalue weighted by Gasteiger charge is -2.07. The molecule has 4 aromatic rings. The van der Waals surface area contributed by atoms with Gasteiger partial charge in [0.1, 0.15) is 11.6 Å². The quantitative estimate of drug-likeness (QED) is 0.523. The van der Waals surface area contributed by atoms with E-state index in [1.807, 2.05) is 47.4 Å². The van der Waals surface area contributed by atoms with E-state index >= 15 is 0 Å². The molecule has 0 aliphatic carbocycles. The Hall–Kier alpha value is -3.74. The van der Waals surface area contributed by atoms with E-state index in [-0.39, 0.29) is 5.82 Å². The fourth-order valence-electron chi connectivity index (χ4n) is 2.64. The van der Waals surface area contributed by atoms with Crippen LogP contribution in [-0.2, 0) is 6.42 Å².